The lowest BCUT2D eigenvalue weighted by Gasteiger charge is -2.21. The second kappa shape index (κ2) is 7.62. The van der Waals surface area contributed by atoms with Crippen LogP contribution in [0.2, 0.25) is 0 Å². The van der Waals surface area contributed by atoms with E-state index < -0.39 is 0 Å². The maximum absolute atomic E-state index is 5.51. The van der Waals surface area contributed by atoms with Crippen LogP contribution >= 0.6 is 0 Å². The van der Waals surface area contributed by atoms with Crippen molar-refractivity contribution in [2.75, 3.05) is 35.5 Å². The van der Waals surface area contributed by atoms with E-state index in [9.17, 15) is 0 Å². The zero-order valence-electron chi connectivity index (χ0n) is 17.4. The highest BCUT2D eigenvalue weighted by atomic mass is 16.5. The summed E-state index contributed by atoms with van der Waals surface area (Å²) in [5.74, 6) is 3.35. The summed E-state index contributed by atoms with van der Waals surface area (Å²) in [5, 5.41) is 0. The summed E-state index contributed by atoms with van der Waals surface area (Å²) in [6.45, 7) is 0.905. The van der Waals surface area contributed by atoms with Gasteiger partial charge in [0.25, 0.3) is 0 Å². The molecular weight excluding hydrogens is 370 g/mol. The second-order valence-electron chi connectivity index (χ2n) is 6.84. The highest BCUT2D eigenvalue weighted by Gasteiger charge is 2.22. The van der Waals surface area contributed by atoms with Gasteiger partial charge in [0.05, 0.1) is 35.5 Å². The van der Waals surface area contributed by atoms with E-state index in [1.807, 2.05) is 12.1 Å². The molecule has 1 aromatic heterocycles. The topological polar surface area (TPSA) is 51.1 Å². The minimum Gasteiger partial charge on any atom is -0.493 e. The number of aryl methyl sites for hydroxylation is 2. The van der Waals surface area contributed by atoms with Crippen LogP contribution in [0.15, 0.2) is 36.5 Å². The molecule has 0 bridgehead atoms. The smallest absolute Gasteiger partial charge is 0.203 e. The number of methoxy groups -OCH3 is 5. The van der Waals surface area contributed by atoms with Gasteiger partial charge in [0.1, 0.15) is 0 Å². The number of nitrogens with zero attached hydrogens (tertiary/aromatic N) is 1. The van der Waals surface area contributed by atoms with Crippen LogP contribution in [0.4, 0.5) is 0 Å². The Hall–Kier alpha value is -3.28. The lowest BCUT2D eigenvalue weighted by Crippen LogP contribution is -2.10. The molecule has 4 rings (SSSR count). The summed E-state index contributed by atoms with van der Waals surface area (Å²) in [4.78, 5) is 0. The summed E-state index contributed by atoms with van der Waals surface area (Å²) in [7, 11) is 8.19. The maximum atomic E-state index is 5.51. The van der Waals surface area contributed by atoms with Crippen LogP contribution in [0.1, 0.15) is 5.56 Å². The number of hydrogen-bond donors (Lipinski definition) is 0. The van der Waals surface area contributed by atoms with Gasteiger partial charge in [-0.25, -0.2) is 0 Å². The van der Waals surface area contributed by atoms with Gasteiger partial charge in [-0.1, -0.05) is 0 Å². The van der Waals surface area contributed by atoms with Crippen LogP contribution in [0.5, 0.6) is 28.7 Å². The van der Waals surface area contributed by atoms with Gasteiger partial charge in [-0.05, 0) is 47.9 Å². The number of fused-ring (bicyclic) bond motifs is 3. The van der Waals surface area contributed by atoms with Crippen molar-refractivity contribution in [1.82, 2.24) is 4.57 Å². The summed E-state index contributed by atoms with van der Waals surface area (Å²) >= 11 is 0. The molecule has 0 N–H and O–H groups in total. The van der Waals surface area contributed by atoms with Crippen molar-refractivity contribution < 1.29 is 23.7 Å². The van der Waals surface area contributed by atoms with E-state index in [0.717, 1.165) is 46.8 Å². The Morgan fingerprint density at radius 1 is 0.655 bits per heavy atom. The van der Waals surface area contributed by atoms with E-state index in [0.29, 0.717) is 17.2 Å². The van der Waals surface area contributed by atoms with Crippen molar-refractivity contribution in [2.24, 2.45) is 0 Å². The zero-order chi connectivity index (χ0) is 20.5. The Morgan fingerprint density at radius 3 is 1.86 bits per heavy atom. The fourth-order valence-corrected chi connectivity index (χ4v) is 3.94. The molecule has 0 amide bonds. The summed E-state index contributed by atoms with van der Waals surface area (Å²) in [6.07, 6.45) is 3.10. The maximum Gasteiger partial charge on any atom is 0.203 e. The first kappa shape index (κ1) is 19.1. The summed E-state index contributed by atoms with van der Waals surface area (Å²) < 4.78 is 29.7. The van der Waals surface area contributed by atoms with E-state index in [4.69, 9.17) is 23.7 Å². The fourth-order valence-electron chi connectivity index (χ4n) is 3.94. The molecule has 2 aromatic carbocycles. The average Bonchev–Trinajstić information content (AvgIpc) is 3.21. The standard InChI is InChI=1S/C23H25NO5/c1-25-19-9-14-6-7-24-13-16(8-18(24)17(14)12-20(19)26-2)15-10-21(27-3)23(29-5)22(11-15)28-4/h8-13H,6-7H2,1-5H3. The van der Waals surface area contributed by atoms with Crippen LogP contribution in [0, 0.1) is 0 Å². The van der Waals surface area contributed by atoms with Crippen molar-refractivity contribution >= 4 is 0 Å². The van der Waals surface area contributed by atoms with Gasteiger partial charge >= 0.3 is 0 Å². The van der Waals surface area contributed by atoms with Crippen molar-refractivity contribution in [3.63, 3.8) is 0 Å². The third-order valence-electron chi connectivity index (χ3n) is 5.40. The zero-order valence-corrected chi connectivity index (χ0v) is 17.4. The molecule has 0 spiro atoms. The molecule has 0 unspecified atom stereocenters. The average molecular weight is 395 g/mol. The number of ether oxygens (including phenoxy) is 5. The molecule has 0 radical (unpaired) electrons. The molecule has 29 heavy (non-hydrogen) atoms. The molecule has 0 atom stereocenters. The van der Waals surface area contributed by atoms with Crippen molar-refractivity contribution in [1.29, 1.82) is 0 Å². The monoisotopic (exact) mass is 395 g/mol. The Bertz CT molecular complexity index is 1030. The first-order valence-corrected chi connectivity index (χ1v) is 9.39. The van der Waals surface area contributed by atoms with Crippen LogP contribution in [-0.4, -0.2) is 40.1 Å². The predicted molar refractivity (Wildman–Crippen MR) is 112 cm³/mol. The lowest BCUT2D eigenvalue weighted by molar-refractivity contribution is 0.324. The third-order valence-corrected chi connectivity index (χ3v) is 5.40. The van der Waals surface area contributed by atoms with Gasteiger partial charge in [0.15, 0.2) is 23.0 Å². The van der Waals surface area contributed by atoms with Crippen LogP contribution < -0.4 is 23.7 Å². The first-order valence-electron chi connectivity index (χ1n) is 9.39. The van der Waals surface area contributed by atoms with Crippen molar-refractivity contribution in [3.05, 3.63) is 42.1 Å². The predicted octanol–water partition coefficient (Wildman–Crippen LogP) is 4.42. The number of hydrogen-bond acceptors (Lipinski definition) is 5. The highest BCUT2D eigenvalue weighted by Crippen LogP contribution is 2.44. The molecule has 0 saturated heterocycles. The molecule has 3 aromatic rings. The van der Waals surface area contributed by atoms with E-state index in [2.05, 4.69) is 29.0 Å². The van der Waals surface area contributed by atoms with Crippen LogP contribution in [0.25, 0.3) is 22.4 Å². The normalized spacial score (nSPS) is 12.0. The van der Waals surface area contributed by atoms with Crippen molar-refractivity contribution in [2.45, 2.75) is 13.0 Å². The molecule has 0 saturated carbocycles. The lowest BCUT2D eigenvalue weighted by atomic mass is 9.97. The molecule has 0 aliphatic carbocycles. The Balaban J connectivity index is 1.83. The molecule has 1 aliphatic rings. The van der Waals surface area contributed by atoms with Gasteiger partial charge < -0.3 is 28.3 Å². The van der Waals surface area contributed by atoms with E-state index in [1.54, 1.807) is 35.5 Å². The van der Waals surface area contributed by atoms with Gasteiger partial charge in [-0.3, -0.25) is 0 Å². The third kappa shape index (κ3) is 3.14. The second-order valence-corrected chi connectivity index (χ2v) is 6.84. The minimum atomic E-state index is 0.588. The number of aromatic nitrogens is 1. The molecule has 1 aliphatic heterocycles. The summed E-state index contributed by atoms with van der Waals surface area (Å²) in [5.41, 5.74) is 5.65. The van der Waals surface area contributed by atoms with Gasteiger partial charge in [0, 0.05) is 29.6 Å². The van der Waals surface area contributed by atoms with Gasteiger partial charge in [0.2, 0.25) is 5.75 Å². The number of rotatable bonds is 6. The first-order chi connectivity index (χ1) is 14.1. The fraction of sp³-hybridized carbons (Fsp3) is 0.304. The molecular formula is C23H25NO5. The van der Waals surface area contributed by atoms with Crippen LogP contribution in [-0.2, 0) is 13.0 Å². The van der Waals surface area contributed by atoms with Gasteiger partial charge in [-0.15, -0.1) is 0 Å². The Morgan fingerprint density at radius 2 is 1.28 bits per heavy atom. The molecule has 2 heterocycles. The van der Waals surface area contributed by atoms with E-state index >= 15 is 0 Å². The van der Waals surface area contributed by atoms with E-state index in [-0.39, 0.29) is 0 Å². The Labute approximate surface area is 170 Å². The summed E-state index contributed by atoms with van der Waals surface area (Å²) in [6, 6.07) is 10.3. The molecule has 6 nitrogen and oxygen atoms in total. The molecule has 152 valence electrons. The Kier molecular flexibility index (Phi) is 5.01. The number of benzene rings is 2. The SMILES string of the molecule is COc1cc2c(cc1OC)-c1cc(-c3cc(OC)c(OC)c(OC)c3)cn1CC2. The van der Waals surface area contributed by atoms with Gasteiger partial charge in [-0.2, -0.15) is 0 Å². The quantitative estimate of drug-likeness (QED) is 0.618. The minimum absolute atomic E-state index is 0.588. The van der Waals surface area contributed by atoms with Crippen molar-refractivity contribution in [3.8, 4) is 51.1 Å². The highest BCUT2D eigenvalue weighted by molar-refractivity contribution is 5.78. The largest absolute Gasteiger partial charge is 0.493 e. The van der Waals surface area contributed by atoms with Crippen LogP contribution in [0.3, 0.4) is 0 Å². The molecule has 6 heteroatoms. The van der Waals surface area contributed by atoms with E-state index in [1.165, 1.54) is 5.56 Å². The molecule has 0 fully saturated rings.